The summed E-state index contributed by atoms with van der Waals surface area (Å²) in [5, 5.41) is 51.3. The molecule has 11 N–H and O–H groups in total. The van der Waals surface area contributed by atoms with Crippen molar-refractivity contribution in [2.45, 2.75) is 61.8 Å². The summed E-state index contributed by atoms with van der Waals surface area (Å²) in [4.78, 5) is 90.5. The van der Waals surface area contributed by atoms with Crippen molar-refractivity contribution in [1.82, 2.24) is 54.1 Å². The fourth-order valence-corrected chi connectivity index (χ4v) is 11.2. The number of hydrogen-bond donors (Lipinski definition) is 9. The maximum atomic E-state index is 12.6. The van der Waals surface area contributed by atoms with Gasteiger partial charge in [0.1, 0.15) is 44.2 Å². The number of aromatic amines is 2. The fourth-order valence-electron chi connectivity index (χ4n) is 6.52. The van der Waals surface area contributed by atoms with E-state index in [1.54, 1.807) is 0 Å². The van der Waals surface area contributed by atoms with Gasteiger partial charge in [0, 0.05) is 12.7 Å². The van der Waals surface area contributed by atoms with Gasteiger partial charge >= 0.3 is 5.65 Å². The molecule has 2 saturated heterocycles. The van der Waals surface area contributed by atoms with Crippen molar-refractivity contribution in [3.63, 3.8) is 0 Å². The van der Waals surface area contributed by atoms with E-state index in [4.69, 9.17) is 25.5 Å². The molecule has 5 aromatic heterocycles. The normalized spacial score (nSPS) is 27.7. The highest BCUT2D eigenvalue weighted by Crippen LogP contribution is 2.63. The first-order valence-corrected chi connectivity index (χ1v) is 24.1. The molecule has 0 spiro atoms. The molecular formula is C26H35N14O20P4-3. The van der Waals surface area contributed by atoms with E-state index in [-0.39, 0.29) is 40.8 Å². The molecule has 352 valence electrons. The number of aliphatic hydroxyl groups excluding tert-OH is 4. The van der Waals surface area contributed by atoms with Crippen LogP contribution in [0.25, 0.3) is 22.3 Å². The lowest BCUT2D eigenvalue weighted by Gasteiger charge is -2.34. The number of aliphatic hydroxyl groups is 4. The Balaban J connectivity index is 0.860. The van der Waals surface area contributed by atoms with Gasteiger partial charge in [-0.25, -0.2) is 13.9 Å². The number of anilines is 2. The summed E-state index contributed by atoms with van der Waals surface area (Å²) in [6, 6.07) is 0. The zero-order chi connectivity index (χ0) is 46.7. The number of nitrogens with one attached hydrogen (secondary N) is 3. The average Bonchev–Trinajstić information content (AvgIpc) is 3.98. The second-order valence-electron chi connectivity index (χ2n) is 13.9. The van der Waals surface area contributed by atoms with E-state index < -0.39 is 123 Å². The van der Waals surface area contributed by atoms with Crippen LogP contribution < -0.4 is 51.8 Å². The molecular weight excluding hydrogens is 952 g/mol. The molecule has 64 heavy (non-hydrogen) atoms. The largest absolute Gasteiger partial charge is 0.778 e. The number of nitrogens with zero attached hydrogens (tertiary/aromatic N) is 9. The van der Waals surface area contributed by atoms with Gasteiger partial charge in [0.15, 0.2) is 23.7 Å². The van der Waals surface area contributed by atoms with Crippen molar-refractivity contribution in [2.24, 2.45) is 7.05 Å². The molecule has 5 aromatic rings. The van der Waals surface area contributed by atoms with Crippen LogP contribution in [-0.2, 0) is 65.2 Å². The first-order chi connectivity index (χ1) is 29.8. The Hall–Kier alpha value is -4.24. The monoisotopic (exact) mass is 987 g/mol. The molecule has 12 atom stereocenters. The number of phosphoric acid groups is 2. The standard InChI is InChI=1S/C26H38N14O20P4/c1-37-9-40(20-14(37)22(46)34-26(28)32-20)24-18(44)15(41)11(58-24)5-55-62(49,50)30-2-3-38-4-10(35-36-38)7-61(47,48)59-64(53,54)60-63(51,52)56-6-12-16(42)17(43)23(57-12)39-8-29-13-19(39)31-25(27)33-21(13)45/h4,8-9,11-12,15-18,23-24,41-44H,2-3,5-7H2,1H3,(H10-,27,28,30,31,32,33,34,45,46,47,48,49,50,51,52,53,54)/p-3/t11-,12-,15+,16?,17+,18?,23-,24-/m1/s1. The molecule has 7 heterocycles. The number of phosphoric ester groups is 1. The highest BCUT2D eigenvalue weighted by molar-refractivity contribution is 7.66. The van der Waals surface area contributed by atoms with Gasteiger partial charge < -0.3 is 74.6 Å². The van der Waals surface area contributed by atoms with Crippen molar-refractivity contribution in [1.29, 1.82) is 0 Å². The van der Waals surface area contributed by atoms with E-state index in [1.807, 2.05) is 0 Å². The van der Waals surface area contributed by atoms with Crippen molar-refractivity contribution in [3.8, 4) is 0 Å². The molecule has 0 bridgehead atoms. The Morgan fingerprint density at radius 1 is 0.891 bits per heavy atom. The number of nitrogen functional groups attached to an aromatic ring is 2. The van der Waals surface area contributed by atoms with Crippen LogP contribution in [0.1, 0.15) is 18.1 Å². The van der Waals surface area contributed by atoms with Crippen molar-refractivity contribution >= 4 is 65.2 Å². The number of aryl methyl sites for hydroxylation is 1. The number of ether oxygens (including phenoxy) is 2. The number of aromatic nitrogens is 11. The number of fused-ring (bicyclic) bond motifs is 2. The summed E-state index contributed by atoms with van der Waals surface area (Å²) in [5.74, 6) is -0.573. The highest BCUT2D eigenvalue weighted by atomic mass is 31.3. The summed E-state index contributed by atoms with van der Waals surface area (Å²) in [6.07, 6.45) is -10.9. The van der Waals surface area contributed by atoms with E-state index in [9.17, 15) is 67.8 Å². The van der Waals surface area contributed by atoms with E-state index in [1.165, 1.54) is 22.5 Å². The topological polar surface area (TPSA) is 510 Å². The third kappa shape index (κ3) is 10.4. The lowest BCUT2D eigenvalue weighted by atomic mass is 10.1. The first-order valence-electron chi connectivity index (χ1n) is 17.9. The van der Waals surface area contributed by atoms with Crippen LogP contribution in [0.5, 0.6) is 0 Å². The molecule has 38 heteroatoms. The van der Waals surface area contributed by atoms with E-state index in [0.717, 1.165) is 21.8 Å². The van der Waals surface area contributed by atoms with Gasteiger partial charge in [-0.15, -0.1) is 5.10 Å². The van der Waals surface area contributed by atoms with E-state index in [0.29, 0.717) is 0 Å². The zero-order valence-electron chi connectivity index (χ0n) is 32.2. The van der Waals surface area contributed by atoms with Crippen LogP contribution in [0.4, 0.5) is 11.9 Å². The highest BCUT2D eigenvalue weighted by Gasteiger charge is 2.48. The van der Waals surface area contributed by atoms with Crippen LogP contribution in [0.15, 0.2) is 28.4 Å². The minimum Gasteiger partial charge on any atom is -0.778 e. The van der Waals surface area contributed by atoms with Gasteiger partial charge in [0.05, 0.1) is 45.0 Å². The molecule has 6 unspecified atom stereocenters. The number of hydrogen-bond acceptors (Lipinski definition) is 27. The smallest absolute Gasteiger partial charge is 0.313 e. The predicted octanol–water partition coefficient (Wildman–Crippen LogP) is -7.51. The van der Waals surface area contributed by atoms with E-state index in [2.05, 4.69) is 53.5 Å². The molecule has 0 saturated carbocycles. The lowest BCUT2D eigenvalue weighted by Crippen LogP contribution is -2.46. The molecule has 2 aliphatic rings. The molecule has 0 aliphatic carbocycles. The number of imidazole rings is 2. The summed E-state index contributed by atoms with van der Waals surface area (Å²) in [7, 11) is -21.3. The second-order valence-corrected chi connectivity index (χ2v) is 20.4. The minimum atomic E-state index is -6.28. The Morgan fingerprint density at radius 3 is 2.28 bits per heavy atom. The fraction of sp³-hybridized carbons (Fsp3) is 0.538. The quantitative estimate of drug-likeness (QED) is 0.0291. The van der Waals surface area contributed by atoms with Gasteiger partial charge in [-0.1, -0.05) is 10.2 Å². The zero-order valence-corrected chi connectivity index (χ0v) is 35.8. The van der Waals surface area contributed by atoms with Gasteiger partial charge in [-0.05, 0) is 0 Å². The molecule has 0 aromatic carbocycles. The number of H-pyrrole nitrogens is 2. The van der Waals surface area contributed by atoms with Gasteiger partial charge in [0.2, 0.25) is 25.4 Å². The summed E-state index contributed by atoms with van der Waals surface area (Å²) in [6.45, 7) is -2.73. The molecule has 0 amide bonds. The van der Waals surface area contributed by atoms with Crippen LogP contribution >= 0.6 is 31.0 Å². The molecule has 2 fully saturated rings. The third-order valence-corrected chi connectivity index (χ3v) is 15.0. The molecule has 0 radical (unpaired) electrons. The van der Waals surface area contributed by atoms with Crippen molar-refractivity contribution in [2.75, 3.05) is 31.2 Å². The van der Waals surface area contributed by atoms with Crippen LogP contribution in [-0.4, -0.2) is 126 Å². The van der Waals surface area contributed by atoms with Crippen molar-refractivity contribution in [3.05, 3.63) is 45.3 Å². The Labute approximate surface area is 354 Å². The molecule has 7 rings (SSSR count). The number of nitrogens with two attached hydrogens (primary N) is 2. The third-order valence-electron chi connectivity index (χ3n) is 9.28. The van der Waals surface area contributed by atoms with Gasteiger partial charge in [-0.3, -0.25) is 56.5 Å². The second kappa shape index (κ2) is 17.9. The van der Waals surface area contributed by atoms with E-state index >= 15 is 0 Å². The molecule has 34 nitrogen and oxygen atoms in total. The number of rotatable bonds is 18. The summed E-state index contributed by atoms with van der Waals surface area (Å²) >= 11 is 0. The maximum absolute atomic E-state index is 12.6. The first kappa shape index (κ1) is 47.7. The maximum Gasteiger partial charge on any atom is 0.313 e. The van der Waals surface area contributed by atoms with Crippen LogP contribution in [0.3, 0.4) is 0 Å². The Bertz CT molecular complexity index is 2870. The van der Waals surface area contributed by atoms with Crippen molar-refractivity contribution < 1.29 is 90.0 Å². The SMILES string of the molecule is Cn1c[n+]([C@@H]2O[C@H](COP(=O)([O-])NCCn3cc(CP(=O)([O-])OP(=O)([O-])OP(=O)([O-])OC[C@H]4O[C@@H](n5cnc6c(=O)[nH]c(N)nc65)[C@@H](O)C4O)nn3)[C@H](O)C2O)c2nc(N)[nH]c(=O)c21. The Morgan fingerprint density at radius 2 is 1.55 bits per heavy atom. The van der Waals surface area contributed by atoms with Gasteiger partial charge in [0.25, 0.3) is 32.7 Å². The molecule has 2 aliphatic heterocycles. The predicted molar refractivity (Wildman–Crippen MR) is 197 cm³/mol. The summed E-state index contributed by atoms with van der Waals surface area (Å²) < 4.78 is 82.6. The summed E-state index contributed by atoms with van der Waals surface area (Å²) in [5.41, 5.74) is 9.03. The average molecular weight is 988 g/mol. The minimum absolute atomic E-state index is 0.00216. The van der Waals surface area contributed by atoms with Crippen LogP contribution in [0.2, 0.25) is 0 Å². The van der Waals surface area contributed by atoms with Gasteiger partial charge in [-0.2, -0.15) is 4.98 Å². The lowest BCUT2D eigenvalue weighted by molar-refractivity contribution is -0.745. The Kier molecular flexibility index (Phi) is 13.3. The van der Waals surface area contributed by atoms with Crippen LogP contribution in [0, 0.1) is 0 Å².